The molecule has 0 aliphatic heterocycles. The first kappa shape index (κ1) is 19.2. The van der Waals surface area contributed by atoms with Gasteiger partial charge < -0.3 is 14.8 Å². The minimum atomic E-state index is -0.276. The minimum Gasteiger partial charge on any atom is -0.497 e. The molecule has 0 aliphatic carbocycles. The van der Waals surface area contributed by atoms with Crippen molar-refractivity contribution in [3.05, 3.63) is 58.6 Å². The van der Waals surface area contributed by atoms with Gasteiger partial charge in [-0.25, -0.2) is 4.98 Å². The van der Waals surface area contributed by atoms with Gasteiger partial charge in [0.25, 0.3) is 5.91 Å². The van der Waals surface area contributed by atoms with Crippen LogP contribution in [-0.2, 0) is 0 Å². The number of nitrogens with zero attached hydrogens (tertiary/aromatic N) is 1. The molecule has 7 heteroatoms. The first-order valence-electron chi connectivity index (χ1n) is 8.44. The molecule has 0 saturated carbocycles. The summed E-state index contributed by atoms with van der Waals surface area (Å²) in [6.07, 6.45) is 0.929. The van der Waals surface area contributed by atoms with Crippen LogP contribution < -0.4 is 14.8 Å². The number of carbonyl (C=O) groups excluding carboxylic acids is 1. The molecule has 0 saturated heterocycles. The van der Waals surface area contributed by atoms with Crippen molar-refractivity contribution in [3.8, 4) is 22.1 Å². The van der Waals surface area contributed by atoms with Crippen molar-refractivity contribution in [2.75, 3.05) is 19.0 Å². The number of methoxy groups -OCH3 is 1. The number of aromatic nitrogens is 1. The molecule has 2 aromatic carbocycles. The molecule has 27 heavy (non-hydrogen) atoms. The van der Waals surface area contributed by atoms with Gasteiger partial charge in [0, 0.05) is 16.6 Å². The molecule has 0 spiro atoms. The number of amides is 1. The third kappa shape index (κ3) is 4.78. The lowest BCUT2D eigenvalue weighted by atomic mass is 10.2. The maximum Gasteiger partial charge on any atom is 0.275 e. The summed E-state index contributed by atoms with van der Waals surface area (Å²) in [6, 6.07) is 12.6. The van der Waals surface area contributed by atoms with E-state index in [4.69, 9.17) is 21.1 Å². The molecule has 0 aliphatic rings. The molecule has 140 valence electrons. The van der Waals surface area contributed by atoms with Crippen molar-refractivity contribution in [1.82, 2.24) is 4.98 Å². The van der Waals surface area contributed by atoms with Crippen LogP contribution >= 0.6 is 22.9 Å². The molecular formula is C20H19ClN2O3S. The van der Waals surface area contributed by atoms with Gasteiger partial charge in [-0.3, -0.25) is 4.79 Å². The van der Waals surface area contributed by atoms with Gasteiger partial charge in [0.1, 0.15) is 22.2 Å². The maximum absolute atomic E-state index is 12.4. The second-order valence-electron chi connectivity index (χ2n) is 5.71. The number of hydrogen-bond donors (Lipinski definition) is 1. The summed E-state index contributed by atoms with van der Waals surface area (Å²) in [5, 5.41) is 5.76. The van der Waals surface area contributed by atoms with Gasteiger partial charge in [0.05, 0.1) is 18.7 Å². The average molecular weight is 403 g/mol. The molecule has 1 amide bonds. The van der Waals surface area contributed by atoms with E-state index < -0.39 is 0 Å². The Labute approximate surface area is 166 Å². The van der Waals surface area contributed by atoms with Crippen LogP contribution in [0.3, 0.4) is 0 Å². The first-order chi connectivity index (χ1) is 13.1. The number of benzene rings is 2. The lowest BCUT2D eigenvalue weighted by Gasteiger charge is -2.07. The molecule has 0 atom stereocenters. The molecule has 0 radical (unpaired) electrons. The van der Waals surface area contributed by atoms with E-state index in [0.29, 0.717) is 28.0 Å². The summed E-state index contributed by atoms with van der Waals surface area (Å²) in [6.45, 7) is 2.69. The Morgan fingerprint density at radius 2 is 1.93 bits per heavy atom. The van der Waals surface area contributed by atoms with Crippen LogP contribution in [0.15, 0.2) is 47.8 Å². The number of rotatable bonds is 7. The fraction of sp³-hybridized carbons (Fsp3) is 0.200. The smallest absolute Gasteiger partial charge is 0.275 e. The molecular weight excluding hydrogens is 384 g/mol. The highest BCUT2D eigenvalue weighted by Gasteiger charge is 2.14. The quantitative estimate of drug-likeness (QED) is 0.565. The van der Waals surface area contributed by atoms with Crippen LogP contribution in [0.1, 0.15) is 23.8 Å². The normalized spacial score (nSPS) is 10.5. The van der Waals surface area contributed by atoms with Crippen molar-refractivity contribution >= 4 is 34.5 Å². The third-order valence-corrected chi connectivity index (χ3v) is 4.92. The Hall–Kier alpha value is -2.57. The summed E-state index contributed by atoms with van der Waals surface area (Å²) >= 11 is 7.73. The van der Waals surface area contributed by atoms with Gasteiger partial charge >= 0.3 is 0 Å². The van der Waals surface area contributed by atoms with Crippen LogP contribution in [0.5, 0.6) is 11.5 Å². The van der Waals surface area contributed by atoms with Crippen molar-refractivity contribution in [2.24, 2.45) is 0 Å². The topological polar surface area (TPSA) is 60.5 Å². The molecule has 1 aromatic heterocycles. The van der Waals surface area contributed by atoms with E-state index in [1.54, 1.807) is 42.8 Å². The summed E-state index contributed by atoms with van der Waals surface area (Å²) < 4.78 is 10.7. The summed E-state index contributed by atoms with van der Waals surface area (Å²) in [7, 11) is 1.60. The number of carbonyl (C=O) groups is 1. The predicted molar refractivity (Wildman–Crippen MR) is 109 cm³/mol. The van der Waals surface area contributed by atoms with Crippen molar-refractivity contribution < 1.29 is 14.3 Å². The zero-order chi connectivity index (χ0) is 19.2. The number of halogens is 1. The number of nitrogens with one attached hydrogen (secondary N) is 1. The lowest BCUT2D eigenvalue weighted by molar-refractivity contribution is 0.102. The van der Waals surface area contributed by atoms with E-state index in [2.05, 4.69) is 10.3 Å². The molecule has 0 unspecified atom stereocenters. The Bertz CT molecular complexity index is 925. The van der Waals surface area contributed by atoms with Crippen LogP contribution in [0.25, 0.3) is 10.6 Å². The summed E-state index contributed by atoms with van der Waals surface area (Å²) in [4.78, 5) is 16.8. The summed E-state index contributed by atoms with van der Waals surface area (Å²) in [5.74, 6) is 1.17. The average Bonchev–Trinajstić information content (AvgIpc) is 3.17. The van der Waals surface area contributed by atoms with Gasteiger partial charge in [0.15, 0.2) is 0 Å². The first-order valence-corrected chi connectivity index (χ1v) is 9.70. The second-order valence-corrected chi connectivity index (χ2v) is 6.98. The fourth-order valence-electron chi connectivity index (χ4n) is 2.35. The highest BCUT2D eigenvalue weighted by atomic mass is 35.5. The van der Waals surface area contributed by atoms with E-state index in [1.807, 2.05) is 19.1 Å². The third-order valence-electron chi connectivity index (χ3n) is 3.73. The molecule has 1 N–H and O–H groups in total. The van der Waals surface area contributed by atoms with Crippen LogP contribution in [0, 0.1) is 0 Å². The summed E-state index contributed by atoms with van der Waals surface area (Å²) in [5.41, 5.74) is 1.79. The van der Waals surface area contributed by atoms with Gasteiger partial charge in [-0.1, -0.05) is 18.5 Å². The molecule has 3 aromatic rings. The Balaban J connectivity index is 1.72. The van der Waals surface area contributed by atoms with Crippen LogP contribution in [0.2, 0.25) is 5.02 Å². The van der Waals surface area contributed by atoms with Crippen LogP contribution in [0.4, 0.5) is 5.69 Å². The molecule has 3 rings (SSSR count). The zero-order valence-corrected chi connectivity index (χ0v) is 16.6. The van der Waals surface area contributed by atoms with Gasteiger partial charge in [-0.05, 0) is 48.9 Å². The van der Waals surface area contributed by atoms with E-state index in [9.17, 15) is 4.79 Å². The van der Waals surface area contributed by atoms with Gasteiger partial charge in [-0.15, -0.1) is 11.3 Å². The zero-order valence-electron chi connectivity index (χ0n) is 15.0. The lowest BCUT2D eigenvalue weighted by Crippen LogP contribution is -2.12. The molecule has 0 bridgehead atoms. The largest absolute Gasteiger partial charge is 0.497 e. The monoisotopic (exact) mass is 402 g/mol. The van der Waals surface area contributed by atoms with Crippen molar-refractivity contribution in [3.63, 3.8) is 0 Å². The highest BCUT2D eigenvalue weighted by Crippen LogP contribution is 2.33. The number of hydrogen-bond acceptors (Lipinski definition) is 5. The van der Waals surface area contributed by atoms with E-state index in [1.165, 1.54) is 11.3 Å². The maximum atomic E-state index is 12.4. The van der Waals surface area contributed by atoms with Gasteiger partial charge in [0.2, 0.25) is 0 Å². The fourth-order valence-corrected chi connectivity index (χ4v) is 3.51. The SMILES string of the molecule is CCCOc1ccc(-c2nc(C(=O)Nc3ccc(OC)cc3)cs2)c(Cl)c1. The van der Waals surface area contributed by atoms with E-state index >= 15 is 0 Å². The minimum absolute atomic E-state index is 0.276. The number of anilines is 1. The number of thiazole rings is 1. The van der Waals surface area contributed by atoms with Crippen molar-refractivity contribution in [2.45, 2.75) is 13.3 Å². The van der Waals surface area contributed by atoms with Crippen molar-refractivity contribution in [1.29, 1.82) is 0 Å². The Morgan fingerprint density at radius 3 is 2.59 bits per heavy atom. The standard InChI is InChI=1S/C20H19ClN2O3S/c1-3-10-26-15-8-9-16(17(21)11-15)20-23-18(12-27-20)19(24)22-13-4-6-14(25-2)7-5-13/h4-9,11-12H,3,10H2,1-2H3,(H,22,24). The Morgan fingerprint density at radius 1 is 1.19 bits per heavy atom. The van der Waals surface area contributed by atoms with E-state index in [-0.39, 0.29) is 5.91 Å². The molecule has 0 fully saturated rings. The predicted octanol–water partition coefficient (Wildman–Crippen LogP) is 5.51. The van der Waals surface area contributed by atoms with Gasteiger partial charge in [-0.2, -0.15) is 0 Å². The highest BCUT2D eigenvalue weighted by molar-refractivity contribution is 7.13. The Kier molecular flexibility index (Phi) is 6.32. The second kappa shape index (κ2) is 8.88. The van der Waals surface area contributed by atoms with E-state index in [0.717, 1.165) is 23.5 Å². The molecule has 5 nitrogen and oxygen atoms in total. The van der Waals surface area contributed by atoms with Crippen LogP contribution in [-0.4, -0.2) is 24.6 Å². The molecule has 1 heterocycles. The number of ether oxygens (including phenoxy) is 2.